The summed E-state index contributed by atoms with van der Waals surface area (Å²) in [6.45, 7) is 0. The molecule has 0 bridgehead atoms. The summed E-state index contributed by atoms with van der Waals surface area (Å²) in [5, 5.41) is 8.88. The monoisotopic (exact) mass is 200 g/mol. The average Bonchev–Trinajstić information content (AvgIpc) is 2.41. The molecule has 0 heterocycles. The van der Waals surface area contributed by atoms with E-state index in [2.05, 4.69) is 4.74 Å². The van der Waals surface area contributed by atoms with Gasteiger partial charge in [-0.25, -0.2) is 0 Å². The fourth-order valence-electron chi connectivity index (χ4n) is 1.97. The van der Waals surface area contributed by atoms with Crippen LogP contribution in [-0.4, -0.2) is 24.2 Å². The Kier molecular flexibility index (Phi) is 3.92. The van der Waals surface area contributed by atoms with Crippen LogP contribution in [0.25, 0.3) is 0 Å². The summed E-state index contributed by atoms with van der Waals surface area (Å²) < 4.78 is 4.64. The van der Waals surface area contributed by atoms with Crippen LogP contribution in [0.4, 0.5) is 0 Å². The molecule has 0 aromatic rings. The molecule has 1 aliphatic carbocycles. The highest BCUT2D eigenvalue weighted by molar-refractivity contribution is 5.75. The van der Waals surface area contributed by atoms with E-state index < -0.39 is 5.97 Å². The molecule has 2 unspecified atom stereocenters. The van der Waals surface area contributed by atoms with Crippen molar-refractivity contribution in [2.75, 3.05) is 7.11 Å². The zero-order valence-electron chi connectivity index (χ0n) is 8.36. The Bertz CT molecular complexity index is 224. The van der Waals surface area contributed by atoms with Crippen LogP contribution in [-0.2, 0) is 14.3 Å². The lowest BCUT2D eigenvalue weighted by molar-refractivity contribution is -0.148. The van der Waals surface area contributed by atoms with Gasteiger partial charge in [-0.05, 0) is 19.3 Å². The number of carboxylic acid groups (broad SMARTS) is 1. The third kappa shape index (κ3) is 2.72. The molecule has 0 aromatic heterocycles. The molecule has 4 nitrogen and oxygen atoms in total. The average molecular weight is 200 g/mol. The second kappa shape index (κ2) is 4.98. The van der Waals surface area contributed by atoms with Gasteiger partial charge in [0.2, 0.25) is 0 Å². The molecule has 0 amide bonds. The van der Waals surface area contributed by atoms with Crippen molar-refractivity contribution in [1.82, 2.24) is 0 Å². The van der Waals surface area contributed by atoms with Crippen LogP contribution >= 0.6 is 0 Å². The van der Waals surface area contributed by atoms with Crippen LogP contribution in [0.1, 0.15) is 32.1 Å². The Morgan fingerprint density at radius 1 is 1.21 bits per heavy atom. The predicted octanol–water partition coefficient (Wildman–Crippen LogP) is 1.44. The first-order chi connectivity index (χ1) is 6.65. The molecule has 80 valence electrons. The van der Waals surface area contributed by atoms with Gasteiger partial charge in [0, 0.05) is 0 Å². The van der Waals surface area contributed by atoms with Crippen LogP contribution in [0, 0.1) is 11.8 Å². The summed E-state index contributed by atoms with van der Waals surface area (Å²) in [4.78, 5) is 22.1. The number of carboxylic acids is 1. The van der Waals surface area contributed by atoms with Crippen LogP contribution in [0.15, 0.2) is 0 Å². The Morgan fingerprint density at radius 2 is 1.79 bits per heavy atom. The third-order valence-corrected chi connectivity index (χ3v) is 2.81. The van der Waals surface area contributed by atoms with E-state index >= 15 is 0 Å². The first-order valence-corrected chi connectivity index (χ1v) is 4.95. The van der Waals surface area contributed by atoms with E-state index in [1.165, 1.54) is 7.11 Å². The second-order valence-corrected chi connectivity index (χ2v) is 3.78. The maximum Gasteiger partial charge on any atom is 0.308 e. The number of rotatable bonds is 2. The molecule has 1 fully saturated rings. The van der Waals surface area contributed by atoms with Crippen LogP contribution < -0.4 is 0 Å². The molecular formula is C10H16O4. The Morgan fingerprint density at radius 3 is 2.29 bits per heavy atom. The number of methoxy groups -OCH3 is 1. The van der Waals surface area contributed by atoms with Crippen molar-refractivity contribution in [1.29, 1.82) is 0 Å². The Hall–Kier alpha value is -1.06. The van der Waals surface area contributed by atoms with Crippen molar-refractivity contribution in [3.63, 3.8) is 0 Å². The summed E-state index contributed by atoms with van der Waals surface area (Å²) in [7, 11) is 1.35. The maximum absolute atomic E-state index is 11.3. The summed E-state index contributed by atoms with van der Waals surface area (Å²) in [5.41, 5.74) is 0. The van der Waals surface area contributed by atoms with Crippen molar-refractivity contribution in [3.8, 4) is 0 Å². The van der Waals surface area contributed by atoms with Gasteiger partial charge >= 0.3 is 11.9 Å². The molecule has 0 aliphatic heterocycles. The fraction of sp³-hybridized carbons (Fsp3) is 0.800. The van der Waals surface area contributed by atoms with E-state index in [1.54, 1.807) is 0 Å². The number of ether oxygens (including phenoxy) is 1. The first kappa shape index (κ1) is 11.0. The minimum Gasteiger partial charge on any atom is -0.481 e. The third-order valence-electron chi connectivity index (χ3n) is 2.81. The zero-order chi connectivity index (χ0) is 10.6. The van der Waals surface area contributed by atoms with Crippen LogP contribution in [0.2, 0.25) is 0 Å². The SMILES string of the molecule is COC(=O)C1CCCCC(C(=O)O)C1. The van der Waals surface area contributed by atoms with Crippen molar-refractivity contribution < 1.29 is 19.4 Å². The van der Waals surface area contributed by atoms with E-state index in [-0.39, 0.29) is 17.8 Å². The molecular weight excluding hydrogens is 184 g/mol. The van der Waals surface area contributed by atoms with Gasteiger partial charge in [0.1, 0.15) is 0 Å². The van der Waals surface area contributed by atoms with Gasteiger partial charge < -0.3 is 9.84 Å². The molecule has 0 radical (unpaired) electrons. The lowest BCUT2D eigenvalue weighted by Gasteiger charge is -2.14. The van der Waals surface area contributed by atoms with Gasteiger partial charge in [-0.1, -0.05) is 12.8 Å². The van der Waals surface area contributed by atoms with Gasteiger partial charge in [-0.2, -0.15) is 0 Å². The number of aliphatic carboxylic acids is 1. The lowest BCUT2D eigenvalue weighted by atomic mass is 9.93. The quantitative estimate of drug-likeness (QED) is 0.541. The number of esters is 1. The van der Waals surface area contributed by atoms with E-state index in [1.807, 2.05) is 0 Å². The van der Waals surface area contributed by atoms with Crippen molar-refractivity contribution in [2.24, 2.45) is 11.8 Å². The van der Waals surface area contributed by atoms with E-state index in [0.29, 0.717) is 12.8 Å². The topological polar surface area (TPSA) is 63.6 Å². The highest BCUT2D eigenvalue weighted by atomic mass is 16.5. The molecule has 1 rings (SSSR count). The predicted molar refractivity (Wildman–Crippen MR) is 49.7 cm³/mol. The molecule has 0 aromatic carbocycles. The van der Waals surface area contributed by atoms with Gasteiger partial charge in [0.15, 0.2) is 0 Å². The largest absolute Gasteiger partial charge is 0.481 e. The summed E-state index contributed by atoms with van der Waals surface area (Å²) in [6, 6.07) is 0. The standard InChI is InChI=1S/C10H16O4/c1-14-10(13)8-5-3-2-4-7(6-8)9(11)12/h7-8H,2-6H2,1H3,(H,11,12). The molecule has 0 saturated heterocycles. The van der Waals surface area contributed by atoms with Gasteiger partial charge in [-0.15, -0.1) is 0 Å². The highest BCUT2D eigenvalue weighted by Gasteiger charge is 2.29. The van der Waals surface area contributed by atoms with Crippen LogP contribution in [0.3, 0.4) is 0 Å². The summed E-state index contributed by atoms with van der Waals surface area (Å²) in [5.74, 6) is -1.65. The van der Waals surface area contributed by atoms with Crippen LogP contribution in [0.5, 0.6) is 0 Å². The molecule has 14 heavy (non-hydrogen) atoms. The van der Waals surface area contributed by atoms with Crippen molar-refractivity contribution in [3.05, 3.63) is 0 Å². The minimum absolute atomic E-state index is 0.219. The summed E-state index contributed by atoms with van der Waals surface area (Å²) >= 11 is 0. The lowest BCUT2D eigenvalue weighted by Crippen LogP contribution is -2.22. The fourth-order valence-corrected chi connectivity index (χ4v) is 1.97. The molecule has 4 heteroatoms. The smallest absolute Gasteiger partial charge is 0.308 e. The minimum atomic E-state index is -0.791. The number of hydrogen-bond donors (Lipinski definition) is 1. The molecule has 2 atom stereocenters. The van der Waals surface area contributed by atoms with Gasteiger partial charge in [0.25, 0.3) is 0 Å². The molecule has 1 saturated carbocycles. The zero-order valence-corrected chi connectivity index (χ0v) is 8.36. The molecule has 1 N–H and O–H groups in total. The van der Waals surface area contributed by atoms with Gasteiger partial charge in [0.05, 0.1) is 18.9 Å². The van der Waals surface area contributed by atoms with Gasteiger partial charge in [-0.3, -0.25) is 9.59 Å². The number of carbonyl (C=O) groups is 2. The second-order valence-electron chi connectivity index (χ2n) is 3.78. The summed E-state index contributed by atoms with van der Waals surface area (Å²) in [6.07, 6.45) is 3.69. The highest BCUT2D eigenvalue weighted by Crippen LogP contribution is 2.28. The normalized spacial score (nSPS) is 27.8. The van der Waals surface area contributed by atoms with E-state index in [0.717, 1.165) is 19.3 Å². The maximum atomic E-state index is 11.3. The number of hydrogen-bond acceptors (Lipinski definition) is 3. The van der Waals surface area contributed by atoms with E-state index in [4.69, 9.17) is 5.11 Å². The van der Waals surface area contributed by atoms with Crippen molar-refractivity contribution >= 4 is 11.9 Å². The Balaban J connectivity index is 2.59. The molecule has 0 spiro atoms. The van der Waals surface area contributed by atoms with Crippen molar-refractivity contribution in [2.45, 2.75) is 32.1 Å². The number of carbonyl (C=O) groups excluding carboxylic acids is 1. The first-order valence-electron chi connectivity index (χ1n) is 4.95. The van der Waals surface area contributed by atoms with E-state index in [9.17, 15) is 9.59 Å². The molecule has 1 aliphatic rings. The Labute approximate surface area is 83.2 Å².